The maximum absolute atomic E-state index is 6.13. The van der Waals surface area contributed by atoms with Crippen molar-refractivity contribution >= 4 is 0 Å². The van der Waals surface area contributed by atoms with Crippen LogP contribution in [0.3, 0.4) is 0 Å². The van der Waals surface area contributed by atoms with Crippen molar-refractivity contribution in [1.82, 2.24) is 4.90 Å². The first-order valence-corrected chi connectivity index (χ1v) is 7.09. The summed E-state index contributed by atoms with van der Waals surface area (Å²) in [6, 6.07) is 0.564. The highest BCUT2D eigenvalue weighted by atomic mass is 16.5. The number of methoxy groups -OCH3 is 1. The minimum Gasteiger partial charge on any atom is -0.381 e. The smallest absolute Gasteiger partial charge is 0.0589 e. The molecule has 1 rings (SSSR count). The summed E-state index contributed by atoms with van der Waals surface area (Å²) in [5, 5.41) is 0. The Morgan fingerprint density at radius 1 is 1.47 bits per heavy atom. The summed E-state index contributed by atoms with van der Waals surface area (Å²) in [5.74, 6) is 0. The number of rotatable bonds is 6. The van der Waals surface area contributed by atoms with E-state index in [-0.39, 0.29) is 5.54 Å². The lowest BCUT2D eigenvalue weighted by Gasteiger charge is -2.50. The molecule has 0 spiro atoms. The van der Waals surface area contributed by atoms with Crippen LogP contribution < -0.4 is 5.73 Å². The molecule has 0 saturated heterocycles. The van der Waals surface area contributed by atoms with Crippen molar-refractivity contribution in [2.24, 2.45) is 5.73 Å². The number of nitrogens with two attached hydrogens (primary N) is 1. The number of ether oxygens (including phenoxy) is 1. The zero-order chi connectivity index (χ0) is 12.9. The average molecular weight is 242 g/mol. The van der Waals surface area contributed by atoms with E-state index in [4.69, 9.17) is 10.5 Å². The van der Waals surface area contributed by atoms with Gasteiger partial charge in [0.1, 0.15) is 0 Å². The summed E-state index contributed by atoms with van der Waals surface area (Å²) in [5.41, 5.74) is 6.30. The van der Waals surface area contributed by atoms with Crippen LogP contribution in [0.2, 0.25) is 0 Å². The first kappa shape index (κ1) is 14.9. The number of nitrogens with zero attached hydrogens (tertiary/aromatic N) is 1. The van der Waals surface area contributed by atoms with E-state index < -0.39 is 0 Å². The van der Waals surface area contributed by atoms with E-state index in [1.165, 1.54) is 25.7 Å². The Morgan fingerprint density at radius 2 is 2.18 bits per heavy atom. The van der Waals surface area contributed by atoms with Crippen molar-refractivity contribution in [3.8, 4) is 0 Å². The topological polar surface area (TPSA) is 38.5 Å². The largest absolute Gasteiger partial charge is 0.381 e. The van der Waals surface area contributed by atoms with Gasteiger partial charge in [-0.1, -0.05) is 6.92 Å². The highest BCUT2D eigenvalue weighted by molar-refractivity contribution is 4.98. The summed E-state index contributed by atoms with van der Waals surface area (Å²) in [7, 11) is 1.83. The predicted octanol–water partition coefficient (Wildman–Crippen LogP) is 2.39. The van der Waals surface area contributed by atoms with Crippen molar-refractivity contribution in [1.29, 1.82) is 0 Å². The van der Waals surface area contributed by atoms with Crippen molar-refractivity contribution in [2.45, 2.75) is 70.6 Å². The van der Waals surface area contributed by atoms with E-state index in [1.807, 2.05) is 7.11 Å². The van der Waals surface area contributed by atoms with E-state index in [0.29, 0.717) is 12.1 Å². The second-order valence-electron chi connectivity index (χ2n) is 5.67. The molecule has 3 heteroatoms. The molecule has 2 atom stereocenters. The van der Waals surface area contributed by atoms with Gasteiger partial charge in [-0.3, -0.25) is 4.90 Å². The molecule has 0 amide bonds. The lowest BCUT2D eigenvalue weighted by atomic mass is 9.78. The SMILES string of the molecule is CCCN(C(C)C)C1(CN)CCCC(OC)C1. The van der Waals surface area contributed by atoms with Crippen LogP contribution in [0.25, 0.3) is 0 Å². The number of hydrogen-bond acceptors (Lipinski definition) is 3. The van der Waals surface area contributed by atoms with E-state index in [1.54, 1.807) is 0 Å². The molecule has 1 fully saturated rings. The fraction of sp³-hybridized carbons (Fsp3) is 1.00. The lowest BCUT2D eigenvalue weighted by Crippen LogP contribution is -2.59. The van der Waals surface area contributed by atoms with Crippen LogP contribution in [0.1, 0.15) is 52.9 Å². The lowest BCUT2D eigenvalue weighted by molar-refractivity contribution is -0.0347. The summed E-state index contributed by atoms with van der Waals surface area (Å²) >= 11 is 0. The minimum absolute atomic E-state index is 0.170. The van der Waals surface area contributed by atoms with Gasteiger partial charge in [0.05, 0.1) is 6.10 Å². The fourth-order valence-corrected chi connectivity index (χ4v) is 3.34. The van der Waals surface area contributed by atoms with Gasteiger partial charge in [-0.15, -0.1) is 0 Å². The van der Waals surface area contributed by atoms with Crippen LogP contribution in [0.4, 0.5) is 0 Å². The zero-order valence-corrected chi connectivity index (χ0v) is 12.0. The Hall–Kier alpha value is -0.120. The highest BCUT2D eigenvalue weighted by Gasteiger charge is 2.40. The third kappa shape index (κ3) is 3.43. The zero-order valence-electron chi connectivity index (χ0n) is 12.0. The molecule has 0 aromatic carbocycles. The Bertz CT molecular complexity index is 220. The first-order chi connectivity index (χ1) is 8.09. The molecule has 102 valence electrons. The standard InChI is InChI=1S/C14H30N2O/c1-5-9-16(12(2)3)14(11-15)8-6-7-13(10-14)17-4/h12-13H,5-11,15H2,1-4H3. The van der Waals surface area contributed by atoms with Crippen molar-refractivity contribution in [3.63, 3.8) is 0 Å². The molecule has 1 aliphatic carbocycles. The average Bonchev–Trinajstić information content (AvgIpc) is 2.35. The molecule has 17 heavy (non-hydrogen) atoms. The molecule has 1 saturated carbocycles. The summed E-state index contributed by atoms with van der Waals surface area (Å²) in [6.07, 6.45) is 6.33. The highest BCUT2D eigenvalue weighted by Crippen LogP contribution is 2.35. The van der Waals surface area contributed by atoms with Crippen molar-refractivity contribution in [2.75, 3.05) is 20.2 Å². The van der Waals surface area contributed by atoms with E-state index in [9.17, 15) is 0 Å². The van der Waals surface area contributed by atoms with Crippen molar-refractivity contribution < 1.29 is 4.74 Å². The van der Waals surface area contributed by atoms with E-state index in [0.717, 1.165) is 19.5 Å². The van der Waals surface area contributed by atoms with Crippen LogP contribution in [-0.2, 0) is 4.74 Å². The van der Waals surface area contributed by atoms with Gasteiger partial charge in [-0.05, 0) is 52.5 Å². The molecule has 0 aromatic heterocycles. The van der Waals surface area contributed by atoms with Crippen LogP contribution in [0, 0.1) is 0 Å². The van der Waals surface area contributed by atoms with Gasteiger partial charge in [0.15, 0.2) is 0 Å². The molecule has 2 unspecified atom stereocenters. The monoisotopic (exact) mass is 242 g/mol. The van der Waals surface area contributed by atoms with Gasteiger partial charge in [0, 0.05) is 25.2 Å². The molecule has 0 bridgehead atoms. The van der Waals surface area contributed by atoms with E-state index in [2.05, 4.69) is 25.7 Å². The Kier molecular flexibility index (Phi) is 5.90. The molecule has 0 aliphatic heterocycles. The van der Waals surface area contributed by atoms with Crippen LogP contribution in [0.5, 0.6) is 0 Å². The molecular weight excluding hydrogens is 212 g/mol. The van der Waals surface area contributed by atoms with Crippen molar-refractivity contribution in [3.05, 3.63) is 0 Å². The second-order valence-corrected chi connectivity index (χ2v) is 5.67. The quantitative estimate of drug-likeness (QED) is 0.777. The van der Waals surface area contributed by atoms with Gasteiger partial charge >= 0.3 is 0 Å². The molecule has 0 heterocycles. The molecule has 0 aromatic rings. The van der Waals surface area contributed by atoms with Gasteiger partial charge in [0.2, 0.25) is 0 Å². The Balaban J connectivity index is 2.83. The maximum atomic E-state index is 6.13. The summed E-state index contributed by atoms with van der Waals surface area (Å²) in [4.78, 5) is 2.61. The molecule has 3 nitrogen and oxygen atoms in total. The first-order valence-electron chi connectivity index (χ1n) is 7.09. The number of hydrogen-bond donors (Lipinski definition) is 1. The van der Waals surface area contributed by atoms with Gasteiger partial charge < -0.3 is 10.5 Å². The third-order valence-electron chi connectivity index (χ3n) is 4.19. The Morgan fingerprint density at radius 3 is 2.65 bits per heavy atom. The third-order valence-corrected chi connectivity index (χ3v) is 4.19. The van der Waals surface area contributed by atoms with Crippen LogP contribution >= 0.6 is 0 Å². The molecule has 2 N–H and O–H groups in total. The fourth-order valence-electron chi connectivity index (χ4n) is 3.34. The summed E-state index contributed by atoms with van der Waals surface area (Å²) in [6.45, 7) is 8.71. The van der Waals surface area contributed by atoms with Crippen LogP contribution in [0.15, 0.2) is 0 Å². The van der Waals surface area contributed by atoms with Gasteiger partial charge in [-0.2, -0.15) is 0 Å². The summed E-state index contributed by atoms with van der Waals surface area (Å²) < 4.78 is 5.57. The molecule has 0 radical (unpaired) electrons. The van der Waals surface area contributed by atoms with E-state index >= 15 is 0 Å². The second kappa shape index (κ2) is 6.72. The Labute approximate surface area is 107 Å². The molecular formula is C14H30N2O. The predicted molar refractivity (Wildman–Crippen MR) is 73.2 cm³/mol. The minimum atomic E-state index is 0.170. The maximum Gasteiger partial charge on any atom is 0.0589 e. The van der Waals surface area contributed by atoms with Gasteiger partial charge in [-0.25, -0.2) is 0 Å². The molecule has 1 aliphatic rings. The normalized spacial score (nSPS) is 30.2. The van der Waals surface area contributed by atoms with Crippen LogP contribution in [-0.4, -0.2) is 42.8 Å². The van der Waals surface area contributed by atoms with Gasteiger partial charge in [0.25, 0.3) is 0 Å².